The number of rotatable bonds is 9. The van der Waals surface area contributed by atoms with Gasteiger partial charge in [-0.05, 0) is 59.9 Å². The van der Waals surface area contributed by atoms with Gasteiger partial charge in [0.15, 0.2) is 0 Å². The number of carbonyl (C=O) groups excluding carboxylic acids is 1. The Hall–Kier alpha value is -2.94. The van der Waals surface area contributed by atoms with Crippen LogP contribution in [0.15, 0.2) is 72.8 Å². The van der Waals surface area contributed by atoms with Gasteiger partial charge in [-0.1, -0.05) is 54.1 Å². The molecule has 1 amide bonds. The third kappa shape index (κ3) is 7.53. The van der Waals surface area contributed by atoms with Crippen molar-refractivity contribution in [3.05, 3.63) is 106 Å². The molecule has 2 atom stereocenters. The zero-order valence-electron chi connectivity index (χ0n) is 20.1. The molecular weight excluding hydrogens is 506 g/mol. The summed E-state index contributed by atoms with van der Waals surface area (Å²) in [5.74, 6) is -0.440. The minimum Gasteiger partial charge on any atom is -0.354 e. The summed E-state index contributed by atoms with van der Waals surface area (Å²) in [6.45, 7) is 1.79. The van der Waals surface area contributed by atoms with E-state index in [1.165, 1.54) is 18.2 Å². The summed E-state index contributed by atoms with van der Waals surface area (Å²) in [5.41, 5.74) is 1.56. The van der Waals surface area contributed by atoms with E-state index in [4.69, 9.17) is 11.6 Å². The van der Waals surface area contributed by atoms with Crippen molar-refractivity contribution in [1.29, 1.82) is 0 Å². The van der Waals surface area contributed by atoms with Gasteiger partial charge in [0, 0.05) is 37.2 Å². The van der Waals surface area contributed by atoms with Crippen molar-refractivity contribution >= 4 is 17.5 Å². The number of nitrogens with zero attached hydrogens (tertiary/aromatic N) is 1. The molecule has 37 heavy (non-hydrogen) atoms. The van der Waals surface area contributed by atoms with Crippen LogP contribution in [0.1, 0.15) is 28.7 Å². The molecule has 1 aliphatic heterocycles. The van der Waals surface area contributed by atoms with E-state index in [0.29, 0.717) is 49.6 Å². The van der Waals surface area contributed by atoms with Crippen LogP contribution in [0.2, 0.25) is 5.02 Å². The lowest BCUT2D eigenvalue weighted by molar-refractivity contribution is -0.137. The van der Waals surface area contributed by atoms with Crippen molar-refractivity contribution in [1.82, 2.24) is 15.5 Å². The second kappa shape index (κ2) is 12.1. The molecular formula is C28H28ClF4N3O. The lowest BCUT2D eigenvalue weighted by Gasteiger charge is -2.23. The number of halogens is 5. The van der Waals surface area contributed by atoms with Crippen LogP contribution in [0, 0.1) is 5.82 Å². The SMILES string of the molecule is O=C(NCCc1ccccc1F)[C@@H]1C[C@H](NCc2ccc(C(F)(F)F)cc2)CN1Cc1cccc(Cl)c1. The van der Waals surface area contributed by atoms with E-state index in [2.05, 4.69) is 15.5 Å². The highest BCUT2D eigenvalue weighted by Crippen LogP contribution is 2.29. The molecule has 196 valence electrons. The Morgan fingerprint density at radius 2 is 1.76 bits per heavy atom. The normalized spacial score (nSPS) is 18.2. The second-order valence-electron chi connectivity index (χ2n) is 9.22. The summed E-state index contributed by atoms with van der Waals surface area (Å²) < 4.78 is 52.4. The molecule has 9 heteroatoms. The van der Waals surface area contributed by atoms with Crippen molar-refractivity contribution in [3.63, 3.8) is 0 Å². The Labute approximate surface area is 218 Å². The first-order chi connectivity index (χ1) is 17.7. The highest BCUT2D eigenvalue weighted by atomic mass is 35.5. The average molecular weight is 534 g/mol. The molecule has 1 heterocycles. The number of amides is 1. The fraction of sp³-hybridized carbons (Fsp3) is 0.321. The molecule has 1 aliphatic rings. The predicted octanol–water partition coefficient (Wildman–Crippen LogP) is 5.59. The van der Waals surface area contributed by atoms with Gasteiger partial charge >= 0.3 is 6.18 Å². The maximum atomic E-state index is 13.9. The van der Waals surface area contributed by atoms with Crippen molar-refractivity contribution < 1.29 is 22.4 Å². The minimum atomic E-state index is -4.37. The van der Waals surface area contributed by atoms with Gasteiger partial charge in [-0.3, -0.25) is 9.69 Å². The first-order valence-electron chi connectivity index (χ1n) is 12.1. The number of carbonyl (C=O) groups is 1. The van der Waals surface area contributed by atoms with Crippen LogP contribution in [0.3, 0.4) is 0 Å². The fourth-order valence-corrected chi connectivity index (χ4v) is 4.79. The second-order valence-corrected chi connectivity index (χ2v) is 9.65. The van der Waals surface area contributed by atoms with Crippen LogP contribution in [0.5, 0.6) is 0 Å². The molecule has 0 bridgehead atoms. The van der Waals surface area contributed by atoms with Gasteiger partial charge in [-0.2, -0.15) is 13.2 Å². The molecule has 1 fully saturated rings. The molecule has 4 rings (SSSR count). The fourth-order valence-electron chi connectivity index (χ4n) is 4.58. The highest BCUT2D eigenvalue weighted by molar-refractivity contribution is 6.30. The van der Waals surface area contributed by atoms with Crippen LogP contribution < -0.4 is 10.6 Å². The van der Waals surface area contributed by atoms with E-state index in [1.54, 1.807) is 24.3 Å². The highest BCUT2D eigenvalue weighted by Gasteiger charge is 2.36. The largest absolute Gasteiger partial charge is 0.416 e. The van der Waals surface area contributed by atoms with Crippen molar-refractivity contribution in [2.45, 2.75) is 44.2 Å². The third-order valence-corrected chi connectivity index (χ3v) is 6.74. The molecule has 4 nitrogen and oxygen atoms in total. The molecule has 0 radical (unpaired) electrons. The number of hydrogen-bond acceptors (Lipinski definition) is 3. The molecule has 1 saturated heterocycles. The van der Waals surface area contributed by atoms with Gasteiger partial charge in [0.1, 0.15) is 5.82 Å². The van der Waals surface area contributed by atoms with E-state index in [0.717, 1.165) is 23.3 Å². The predicted molar refractivity (Wildman–Crippen MR) is 135 cm³/mol. The topological polar surface area (TPSA) is 44.4 Å². The van der Waals surface area contributed by atoms with Gasteiger partial charge < -0.3 is 10.6 Å². The van der Waals surface area contributed by atoms with Crippen LogP contribution in [0.25, 0.3) is 0 Å². The van der Waals surface area contributed by atoms with Crippen molar-refractivity contribution in [2.24, 2.45) is 0 Å². The van der Waals surface area contributed by atoms with Gasteiger partial charge in [0.25, 0.3) is 0 Å². The number of alkyl halides is 3. The third-order valence-electron chi connectivity index (χ3n) is 6.51. The lowest BCUT2D eigenvalue weighted by Crippen LogP contribution is -2.43. The standard InChI is InChI=1S/C28H28ClF4N3O/c29-23-6-3-4-20(14-23)17-36-18-24(35-16-19-8-10-22(11-9-19)28(31,32)33)15-26(36)27(37)34-13-12-21-5-1-2-7-25(21)30/h1-11,14,24,26,35H,12-13,15-18H2,(H,34,37)/t24-,26-/m0/s1. The molecule has 3 aromatic carbocycles. The van der Waals surface area contributed by atoms with Crippen LogP contribution >= 0.6 is 11.6 Å². The van der Waals surface area contributed by atoms with Gasteiger partial charge in [0.05, 0.1) is 11.6 Å². The quantitative estimate of drug-likeness (QED) is 0.352. The summed E-state index contributed by atoms with van der Waals surface area (Å²) in [6.07, 6.45) is -3.45. The summed E-state index contributed by atoms with van der Waals surface area (Å²) >= 11 is 6.14. The Kier molecular flexibility index (Phi) is 8.84. The maximum Gasteiger partial charge on any atom is 0.416 e. The van der Waals surface area contributed by atoms with Crippen LogP contribution in [0.4, 0.5) is 17.6 Å². The Morgan fingerprint density at radius 1 is 1.00 bits per heavy atom. The first-order valence-corrected chi connectivity index (χ1v) is 12.5. The maximum absolute atomic E-state index is 13.9. The molecule has 0 spiro atoms. The van der Waals surface area contributed by atoms with Crippen molar-refractivity contribution in [3.8, 4) is 0 Å². The van der Waals surface area contributed by atoms with Crippen LogP contribution in [-0.2, 0) is 30.5 Å². The van der Waals surface area contributed by atoms with E-state index >= 15 is 0 Å². The number of likely N-dealkylation sites (tertiary alicyclic amines) is 1. The molecule has 3 aromatic rings. The van der Waals surface area contributed by atoms with Gasteiger partial charge in [-0.15, -0.1) is 0 Å². The van der Waals surface area contributed by atoms with Crippen LogP contribution in [-0.4, -0.2) is 36.0 Å². The van der Waals surface area contributed by atoms with E-state index in [1.807, 2.05) is 18.2 Å². The number of nitrogens with one attached hydrogen (secondary N) is 2. The van der Waals surface area contributed by atoms with E-state index in [-0.39, 0.29) is 17.8 Å². The lowest BCUT2D eigenvalue weighted by atomic mass is 10.1. The van der Waals surface area contributed by atoms with Crippen molar-refractivity contribution in [2.75, 3.05) is 13.1 Å². The van der Waals surface area contributed by atoms with Gasteiger partial charge in [-0.25, -0.2) is 4.39 Å². The summed E-state index contributed by atoms with van der Waals surface area (Å²) in [4.78, 5) is 15.2. The summed E-state index contributed by atoms with van der Waals surface area (Å²) in [7, 11) is 0. The molecule has 0 unspecified atom stereocenters. The zero-order chi connectivity index (χ0) is 26.4. The Morgan fingerprint density at radius 3 is 2.46 bits per heavy atom. The Balaban J connectivity index is 1.38. The Bertz CT molecular complexity index is 1200. The molecule has 0 aliphatic carbocycles. The average Bonchev–Trinajstić information content (AvgIpc) is 3.26. The number of hydrogen-bond donors (Lipinski definition) is 2. The minimum absolute atomic E-state index is 0.0382. The summed E-state index contributed by atoms with van der Waals surface area (Å²) in [6, 6.07) is 18.5. The molecule has 0 saturated carbocycles. The smallest absolute Gasteiger partial charge is 0.354 e. The monoisotopic (exact) mass is 533 g/mol. The molecule has 0 aromatic heterocycles. The van der Waals surface area contributed by atoms with E-state index in [9.17, 15) is 22.4 Å². The summed E-state index contributed by atoms with van der Waals surface area (Å²) in [5, 5.41) is 6.92. The first kappa shape index (κ1) is 27.1. The molecule has 2 N–H and O–H groups in total. The zero-order valence-corrected chi connectivity index (χ0v) is 20.8. The van der Waals surface area contributed by atoms with Gasteiger partial charge in [0.2, 0.25) is 5.91 Å². The number of benzene rings is 3. The van der Waals surface area contributed by atoms with E-state index < -0.39 is 17.8 Å².